The molecule has 3 unspecified atom stereocenters. The van der Waals surface area contributed by atoms with Gasteiger partial charge >= 0.3 is 0 Å². The highest BCUT2D eigenvalue weighted by Gasteiger charge is 2.40. The van der Waals surface area contributed by atoms with Crippen LogP contribution in [0.4, 0.5) is 0 Å². The molecule has 2 rings (SSSR count). The predicted octanol–water partition coefficient (Wildman–Crippen LogP) is 1.38. The Bertz CT molecular complexity index is 228. The van der Waals surface area contributed by atoms with Crippen LogP contribution < -0.4 is 0 Å². The third-order valence-electron chi connectivity index (χ3n) is 3.25. The highest BCUT2D eigenvalue weighted by Crippen LogP contribution is 2.32. The van der Waals surface area contributed by atoms with Crippen LogP contribution in [0.2, 0.25) is 0 Å². The summed E-state index contributed by atoms with van der Waals surface area (Å²) in [6.07, 6.45) is 2.17. The van der Waals surface area contributed by atoms with E-state index in [0.717, 1.165) is 19.4 Å². The topological polar surface area (TPSA) is 44.9 Å². The highest BCUT2D eigenvalue weighted by molar-refractivity contribution is 4.90. The summed E-state index contributed by atoms with van der Waals surface area (Å²) < 4.78 is 10.9. The molecule has 4 nitrogen and oxygen atoms in total. The fourth-order valence-electron chi connectivity index (χ4n) is 2.34. The molecule has 1 radical (unpaired) electrons. The first-order chi connectivity index (χ1) is 6.99. The summed E-state index contributed by atoms with van der Waals surface area (Å²) in [6, 6.07) is 0.0545. The maximum atomic E-state index is 11.8. The fourth-order valence-corrected chi connectivity index (χ4v) is 2.34. The average Bonchev–Trinajstić information content (AvgIpc) is 2.94. The molecule has 2 fully saturated rings. The maximum Gasteiger partial charge on any atom is 0.104 e. The number of rotatable bonds is 3. The number of nitrogens with zero attached hydrogens (tertiary/aromatic N) is 1. The van der Waals surface area contributed by atoms with Crippen LogP contribution in [0.5, 0.6) is 0 Å². The monoisotopic (exact) mass is 214 g/mol. The molecular weight excluding hydrogens is 194 g/mol. The Balaban J connectivity index is 1.85. The van der Waals surface area contributed by atoms with Gasteiger partial charge in [0, 0.05) is 11.6 Å². The van der Waals surface area contributed by atoms with Crippen LogP contribution in [0.3, 0.4) is 0 Å². The van der Waals surface area contributed by atoms with Crippen molar-refractivity contribution in [1.82, 2.24) is 5.06 Å². The Morgan fingerprint density at radius 2 is 2.20 bits per heavy atom. The van der Waals surface area contributed by atoms with Gasteiger partial charge in [-0.2, -0.15) is 0 Å². The second-order valence-electron chi connectivity index (χ2n) is 5.34. The molecule has 2 aliphatic rings. The largest absolute Gasteiger partial charge is 0.375 e. The molecule has 0 saturated carbocycles. The molecule has 87 valence electrons. The summed E-state index contributed by atoms with van der Waals surface area (Å²) in [5.41, 5.74) is -0.299. The van der Waals surface area contributed by atoms with E-state index in [9.17, 15) is 5.21 Å². The first-order valence-electron chi connectivity index (χ1n) is 5.69. The number of hydrogen-bond acceptors (Lipinski definition) is 3. The van der Waals surface area contributed by atoms with Crippen LogP contribution >= 0.6 is 0 Å². The van der Waals surface area contributed by atoms with Crippen molar-refractivity contribution in [1.29, 1.82) is 0 Å². The number of piperidine rings is 1. The molecule has 0 amide bonds. The van der Waals surface area contributed by atoms with Crippen LogP contribution in [-0.4, -0.2) is 42.1 Å². The Morgan fingerprint density at radius 3 is 2.73 bits per heavy atom. The van der Waals surface area contributed by atoms with Gasteiger partial charge in [0.15, 0.2) is 0 Å². The molecule has 0 aliphatic carbocycles. The van der Waals surface area contributed by atoms with Crippen LogP contribution in [0.25, 0.3) is 0 Å². The van der Waals surface area contributed by atoms with Crippen molar-refractivity contribution < 1.29 is 14.7 Å². The molecule has 3 atom stereocenters. The minimum Gasteiger partial charge on any atom is -0.375 e. The van der Waals surface area contributed by atoms with E-state index < -0.39 is 0 Å². The lowest BCUT2D eigenvalue weighted by Crippen LogP contribution is -2.53. The average molecular weight is 214 g/mol. The summed E-state index contributed by atoms with van der Waals surface area (Å²) in [4.78, 5) is 0. The molecular formula is C11H20NO3. The number of hydroxylamine groups is 2. The van der Waals surface area contributed by atoms with Crippen molar-refractivity contribution in [2.45, 2.75) is 57.4 Å². The molecule has 2 saturated heterocycles. The molecule has 15 heavy (non-hydrogen) atoms. The lowest BCUT2D eigenvalue weighted by atomic mass is 9.87. The molecule has 2 heterocycles. The van der Waals surface area contributed by atoms with Gasteiger partial charge in [-0.05, 0) is 33.6 Å². The third kappa shape index (κ3) is 2.69. The van der Waals surface area contributed by atoms with Gasteiger partial charge in [0.25, 0.3) is 0 Å². The molecule has 0 N–H and O–H groups in total. The SMILES string of the molecule is CC1CC(OCC2CO2)CC(C)(C)N1[O]. The summed E-state index contributed by atoms with van der Waals surface area (Å²) in [5, 5.41) is 13.0. The Hall–Kier alpha value is -0.160. The first kappa shape index (κ1) is 11.3. The fraction of sp³-hybridized carbons (Fsp3) is 1.00. The first-order valence-corrected chi connectivity index (χ1v) is 5.69. The lowest BCUT2D eigenvalue weighted by molar-refractivity contribution is -0.270. The summed E-state index contributed by atoms with van der Waals surface area (Å²) >= 11 is 0. The van der Waals surface area contributed by atoms with Gasteiger partial charge < -0.3 is 9.47 Å². The molecule has 0 aromatic heterocycles. The van der Waals surface area contributed by atoms with Gasteiger partial charge in [-0.25, -0.2) is 0 Å². The van der Waals surface area contributed by atoms with Crippen molar-refractivity contribution >= 4 is 0 Å². The van der Waals surface area contributed by atoms with Crippen molar-refractivity contribution in [2.75, 3.05) is 13.2 Å². The van der Waals surface area contributed by atoms with E-state index in [1.54, 1.807) is 0 Å². The highest BCUT2D eigenvalue weighted by atomic mass is 16.6. The molecule has 0 spiro atoms. The molecule has 0 aromatic carbocycles. The Labute approximate surface area is 91.1 Å². The Kier molecular flexibility index (Phi) is 3.03. The van der Waals surface area contributed by atoms with Crippen LogP contribution in [0.15, 0.2) is 0 Å². The van der Waals surface area contributed by atoms with Crippen molar-refractivity contribution in [3.05, 3.63) is 0 Å². The van der Waals surface area contributed by atoms with Crippen LogP contribution in [-0.2, 0) is 14.7 Å². The zero-order chi connectivity index (χ0) is 11.1. The molecule has 4 heteroatoms. The van der Waals surface area contributed by atoms with Crippen LogP contribution in [0.1, 0.15) is 33.6 Å². The van der Waals surface area contributed by atoms with E-state index in [1.165, 1.54) is 5.06 Å². The van der Waals surface area contributed by atoms with Gasteiger partial charge in [-0.3, -0.25) is 0 Å². The number of ether oxygens (including phenoxy) is 2. The van der Waals surface area contributed by atoms with Crippen molar-refractivity contribution in [2.24, 2.45) is 0 Å². The molecule has 0 aromatic rings. The van der Waals surface area contributed by atoms with Gasteiger partial charge in [0.05, 0.1) is 19.3 Å². The minimum atomic E-state index is -0.299. The third-order valence-corrected chi connectivity index (χ3v) is 3.25. The smallest absolute Gasteiger partial charge is 0.104 e. The van der Waals surface area contributed by atoms with Crippen molar-refractivity contribution in [3.63, 3.8) is 0 Å². The minimum absolute atomic E-state index is 0.0545. The van der Waals surface area contributed by atoms with E-state index in [2.05, 4.69) is 0 Å². The van der Waals surface area contributed by atoms with E-state index in [1.807, 2.05) is 20.8 Å². The van der Waals surface area contributed by atoms with E-state index >= 15 is 0 Å². The van der Waals surface area contributed by atoms with Gasteiger partial charge in [0.1, 0.15) is 6.10 Å². The second kappa shape index (κ2) is 4.01. The summed E-state index contributed by atoms with van der Waals surface area (Å²) in [6.45, 7) is 7.46. The van der Waals surface area contributed by atoms with E-state index in [0.29, 0.717) is 12.7 Å². The molecule has 2 aliphatic heterocycles. The van der Waals surface area contributed by atoms with Gasteiger partial charge in [0.2, 0.25) is 0 Å². The zero-order valence-electron chi connectivity index (χ0n) is 9.73. The van der Waals surface area contributed by atoms with Gasteiger partial charge in [-0.1, -0.05) is 0 Å². The zero-order valence-corrected chi connectivity index (χ0v) is 9.73. The second-order valence-corrected chi connectivity index (χ2v) is 5.34. The van der Waals surface area contributed by atoms with E-state index in [-0.39, 0.29) is 17.7 Å². The van der Waals surface area contributed by atoms with Crippen LogP contribution in [0, 0.1) is 0 Å². The quantitative estimate of drug-likeness (QED) is 0.667. The van der Waals surface area contributed by atoms with E-state index in [4.69, 9.17) is 9.47 Å². The summed E-state index contributed by atoms with van der Waals surface area (Å²) in [7, 11) is 0. The lowest BCUT2D eigenvalue weighted by Gasteiger charge is -2.43. The molecule has 0 bridgehead atoms. The number of hydrogen-bond donors (Lipinski definition) is 0. The predicted molar refractivity (Wildman–Crippen MR) is 54.8 cm³/mol. The number of epoxide rings is 1. The van der Waals surface area contributed by atoms with Gasteiger partial charge in [-0.15, -0.1) is 10.3 Å². The summed E-state index contributed by atoms with van der Waals surface area (Å²) in [5.74, 6) is 0. The van der Waals surface area contributed by atoms with Crippen molar-refractivity contribution in [3.8, 4) is 0 Å². The normalized spacial score (nSPS) is 40.4. The standard InChI is InChI=1S/C11H20NO3/c1-8-4-9(14-6-10-7-15-10)5-11(2,3)12(8)13/h8-10H,4-7H2,1-3H3. The Morgan fingerprint density at radius 1 is 1.53 bits per heavy atom. The maximum absolute atomic E-state index is 11.8.